The molecule has 0 aliphatic heterocycles. The molecule has 0 fully saturated rings. The van der Waals surface area contributed by atoms with Gasteiger partial charge in [0.15, 0.2) is 0 Å². The van der Waals surface area contributed by atoms with Gasteiger partial charge in [0, 0.05) is 0 Å². The standard InChI is InChI=1S/C14H36GeNO2PSi/c1-9-15(10-2,11-3)12-13-19(17,14-16(4)5)18-20(6,7)8/h9-14H2,1-8H3. The van der Waals surface area contributed by atoms with E-state index in [2.05, 4.69) is 40.4 Å². The van der Waals surface area contributed by atoms with E-state index < -0.39 is 29.0 Å². The molecule has 0 aromatic rings. The Labute approximate surface area is 130 Å². The van der Waals surface area contributed by atoms with Crippen molar-refractivity contribution in [2.24, 2.45) is 0 Å². The SMILES string of the molecule is C[CH2][Ge]([CH2]C)([CH2]C)[CH2]CP(=O)(CN(C)C)O[Si](C)(C)C. The number of rotatable bonds is 10. The van der Waals surface area contributed by atoms with Crippen molar-refractivity contribution in [3.8, 4) is 0 Å². The van der Waals surface area contributed by atoms with E-state index in [1.165, 1.54) is 21.0 Å². The summed E-state index contributed by atoms with van der Waals surface area (Å²) in [6, 6.07) is 0. The monoisotopic (exact) mass is 383 g/mol. The summed E-state index contributed by atoms with van der Waals surface area (Å²) >= 11 is -1.75. The van der Waals surface area contributed by atoms with Gasteiger partial charge in [-0.1, -0.05) is 0 Å². The van der Waals surface area contributed by atoms with Gasteiger partial charge in [-0.15, -0.1) is 0 Å². The molecule has 0 bridgehead atoms. The minimum absolute atomic E-state index is 0.604. The third kappa shape index (κ3) is 7.79. The predicted octanol–water partition coefficient (Wildman–Crippen LogP) is 5.14. The molecule has 0 saturated carbocycles. The Morgan fingerprint density at radius 1 is 1.05 bits per heavy atom. The molecule has 20 heavy (non-hydrogen) atoms. The van der Waals surface area contributed by atoms with Gasteiger partial charge in [-0.25, -0.2) is 0 Å². The van der Waals surface area contributed by atoms with Crippen molar-refractivity contribution in [2.45, 2.75) is 61.4 Å². The molecule has 0 aliphatic rings. The van der Waals surface area contributed by atoms with Gasteiger partial charge in [-0.3, -0.25) is 0 Å². The quantitative estimate of drug-likeness (QED) is 0.387. The van der Waals surface area contributed by atoms with Gasteiger partial charge in [-0.05, 0) is 0 Å². The maximum absolute atomic E-state index is 13.2. The van der Waals surface area contributed by atoms with E-state index in [4.69, 9.17) is 4.21 Å². The summed E-state index contributed by atoms with van der Waals surface area (Å²) in [5.41, 5.74) is 0. The zero-order valence-corrected chi connectivity index (χ0v) is 18.9. The van der Waals surface area contributed by atoms with Crippen molar-refractivity contribution in [1.82, 2.24) is 4.90 Å². The van der Waals surface area contributed by atoms with Crippen LogP contribution in [0.2, 0.25) is 40.7 Å². The molecule has 122 valence electrons. The van der Waals surface area contributed by atoms with Crippen LogP contribution in [0, 0.1) is 0 Å². The molecule has 0 N–H and O–H groups in total. The van der Waals surface area contributed by atoms with Gasteiger partial charge in [0.2, 0.25) is 0 Å². The summed E-state index contributed by atoms with van der Waals surface area (Å²) in [5, 5.41) is 5.25. The van der Waals surface area contributed by atoms with Crippen LogP contribution in [0.4, 0.5) is 0 Å². The van der Waals surface area contributed by atoms with Gasteiger partial charge in [-0.2, -0.15) is 0 Å². The second-order valence-electron chi connectivity index (χ2n) is 7.27. The fourth-order valence-electron chi connectivity index (χ4n) is 2.76. The van der Waals surface area contributed by atoms with Crippen molar-refractivity contribution in [1.29, 1.82) is 0 Å². The Bertz CT molecular complexity index is 319. The first-order valence-corrected chi connectivity index (χ1v) is 19.3. The molecule has 6 heteroatoms. The van der Waals surface area contributed by atoms with E-state index in [0.29, 0.717) is 6.29 Å². The summed E-state index contributed by atoms with van der Waals surface area (Å²) in [4.78, 5) is 2.03. The van der Waals surface area contributed by atoms with Gasteiger partial charge in [0.1, 0.15) is 0 Å². The zero-order chi connectivity index (χ0) is 16.0. The fourth-order valence-corrected chi connectivity index (χ4v) is 19.7. The Morgan fingerprint density at radius 3 is 1.80 bits per heavy atom. The maximum atomic E-state index is 13.2. The topological polar surface area (TPSA) is 29.5 Å². The zero-order valence-electron chi connectivity index (χ0n) is 15.0. The van der Waals surface area contributed by atoms with Gasteiger partial charge in [0.05, 0.1) is 0 Å². The Kier molecular flexibility index (Phi) is 8.91. The van der Waals surface area contributed by atoms with Crippen LogP contribution in [-0.4, -0.2) is 53.0 Å². The van der Waals surface area contributed by atoms with Crippen molar-refractivity contribution >= 4 is 29.0 Å². The second-order valence-corrected chi connectivity index (χ2v) is 26.4. The second kappa shape index (κ2) is 8.52. The Morgan fingerprint density at radius 2 is 1.50 bits per heavy atom. The van der Waals surface area contributed by atoms with Crippen molar-refractivity contribution < 1.29 is 8.78 Å². The molecule has 0 radical (unpaired) electrons. The van der Waals surface area contributed by atoms with Crippen molar-refractivity contribution in [2.75, 3.05) is 26.5 Å². The van der Waals surface area contributed by atoms with Crippen molar-refractivity contribution in [3.05, 3.63) is 0 Å². The van der Waals surface area contributed by atoms with Crippen LogP contribution < -0.4 is 0 Å². The van der Waals surface area contributed by atoms with Crippen LogP contribution in [0.15, 0.2) is 0 Å². The van der Waals surface area contributed by atoms with E-state index in [1.54, 1.807) is 0 Å². The molecule has 0 saturated heterocycles. The molecule has 0 amide bonds. The third-order valence-electron chi connectivity index (χ3n) is 4.17. The first-order valence-electron chi connectivity index (χ1n) is 7.95. The van der Waals surface area contributed by atoms with E-state index in [-0.39, 0.29) is 0 Å². The van der Waals surface area contributed by atoms with Crippen LogP contribution in [-0.2, 0) is 8.78 Å². The molecular weight excluding hydrogens is 346 g/mol. The molecule has 0 rings (SSSR count). The van der Waals surface area contributed by atoms with E-state index in [1.807, 2.05) is 19.0 Å². The number of hydrogen-bond donors (Lipinski definition) is 0. The van der Waals surface area contributed by atoms with E-state index >= 15 is 0 Å². The number of nitrogens with zero attached hydrogens (tertiary/aromatic N) is 1. The van der Waals surface area contributed by atoms with Gasteiger partial charge >= 0.3 is 131 Å². The Hall–Kier alpha value is 0.910. The van der Waals surface area contributed by atoms with Crippen LogP contribution in [0.3, 0.4) is 0 Å². The van der Waals surface area contributed by atoms with E-state index in [9.17, 15) is 4.57 Å². The van der Waals surface area contributed by atoms with Crippen LogP contribution in [0.5, 0.6) is 0 Å². The summed E-state index contributed by atoms with van der Waals surface area (Å²) in [6.45, 7) is 13.4. The summed E-state index contributed by atoms with van der Waals surface area (Å²) in [6.07, 6.45) is 1.41. The molecule has 1 unspecified atom stereocenters. The van der Waals surface area contributed by atoms with Gasteiger partial charge in [0.25, 0.3) is 0 Å². The molecule has 0 aromatic carbocycles. The summed E-state index contributed by atoms with van der Waals surface area (Å²) < 4.78 is 19.4. The molecular formula is C14H36GeNO2PSi. The minimum atomic E-state index is -2.50. The number of hydrogen-bond acceptors (Lipinski definition) is 3. The fraction of sp³-hybridized carbons (Fsp3) is 1.00. The van der Waals surface area contributed by atoms with Gasteiger partial charge < -0.3 is 0 Å². The average molecular weight is 382 g/mol. The first-order chi connectivity index (χ1) is 9.01. The average Bonchev–Trinajstić information content (AvgIpc) is 2.28. The third-order valence-corrected chi connectivity index (χ3v) is 22.7. The molecule has 0 aliphatic carbocycles. The molecule has 0 spiro atoms. The van der Waals surface area contributed by atoms with Crippen LogP contribution in [0.25, 0.3) is 0 Å². The van der Waals surface area contributed by atoms with E-state index in [0.717, 1.165) is 6.16 Å². The summed E-state index contributed by atoms with van der Waals surface area (Å²) in [7, 11) is -0.265. The predicted molar refractivity (Wildman–Crippen MR) is 97.5 cm³/mol. The molecule has 0 heterocycles. The first kappa shape index (κ1) is 20.9. The molecule has 0 aromatic heterocycles. The molecule has 1 atom stereocenters. The Balaban J connectivity index is 4.95. The van der Waals surface area contributed by atoms with Crippen LogP contribution in [0.1, 0.15) is 20.8 Å². The normalized spacial score (nSPS) is 16.4. The summed E-state index contributed by atoms with van der Waals surface area (Å²) in [5.74, 6) is 0. The molecule has 3 nitrogen and oxygen atoms in total. The van der Waals surface area contributed by atoms with Crippen molar-refractivity contribution in [3.63, 3.8) is 0 Å². The van der Waals surface area contributed by atoms with Crippen LogP contribution >= 0.6 is 7.37 Å².